The summed E-state index contributed by atoms with van der Waals surface area (Å²) in [5, 5.41) is 11.9. The second-order valence-corrected chi connectivity index (χ2v) is 9.57. The summed E-state index contributed by atoms with van der Waals surface area (Å²) >= 11 is 0. The predicted octanol–water partition coefficient (Wildman–Crippen LogP) is 7.71. The fraction of sp³-hybridized carbons (Fsp3) is 0.964. The van der Waals surface area contributed by atoms with Gasteiger partial charge in [-0.05, 0) is 45.1 Å². The Morgan fingerprint density at radius 1 is 0.656 bits per heavy atom. The van der Waals surface area contributed by atoms with Crippen molar-refractivity contribution in [1.29, 1.82) is 0 Å². The first kappa shape index (κ1) is 31.4. The van der Waals surface area contributed by atoms with Gasteiger partial charge in [-0.15, -0.1) is 0 Å². The van der Waals surface area contributed by atoms with Crippen LogP contribution in [-0.4, -0.2) is 36.9 Å². The molecule has 0 rings (SSSR count). The Balaban J connectivity index is 3.96. The largest absolute Gasteiger partial charge is 0.462 e. The molecule has 0 aliphatic carbocycles. The number of nitrogens with one attached hydrogen (secondary N) is 1. The Hall–Kier alpha value is -0.610. The van der Waals surface area contributed by atoms with Gasteiger partial charge in [0, 0.05) is 13.0 Å². The van der Waals surface area contributed by atoms with E-state index in [-0.39, 0.29) is 18.7 Å². The summed E-state index contributed by atoms with van der Waals surface area (Å²) in [5.41, 5.74) is 0. The van der Waals surface area contributed by atoms with E-state index in [0.29, 0.717) is 13.0 Å². The molecule has 0 aromatic heterocycles. The van der Waals surface area contributed by atoms with E-state index in [9.17, 15) is 4.79 Å². The van der Waals surface area contributed by atoms with Crippen LogP contribution in [0.1, 0.15) is 149 Å². The molecule has 192 valence electrons. The van der Waals surface area contributed by atoms with E-state index in [2.05, 4.69) is 19.2 Å². The molecule has 4 nitrogen and oxygen atoms in total. The van der Waals surface area contributed by atoms with Crippen LogP contribution in [0.3, 0.4) is 0 Å². The molecule has 0 aromatic rings. The lowest BCUT2D eigenvalue weighted by atomic mass is 10.0. The lowest BCUT2D eigenvalue weighted by Crippen LogP contribution is -2.19. The highest BCUT2D eigenvalue weighted by Crippen LogP contribution is 2.18. The van der Waals surface area contributed by atoms with Crippen molar-refractivity contribution in [3.8, 4) is 0 Å². The summed E-state index contributed by atoms with van der Waals surface area (Å²) in [6.07, 6.45) is 25.3. The maximum Gasteiger partial charge on any atom is 0.306 e. The molecule has 0 aliphatic rings. The first-order valence-corrected chi connectivity index (χ1v) is 14.3. The maximum absolute atomic E-state index is 12.4. The topological polar surface area (TPSA) is 58.6 Å². The second-order valence-electron chi connectivity index (χ2n) is 9.57. The molecule has 0 radical (unpaired) electrons. The number of aliphatic hydroxyl groups excluding tert-OH is 1. The molecular formula is C28H57NO3. The van der Waals surface area contributed by atoms with E-state index in [1.165, 1.54) is 96.3 Å². The average Bonchev–Trinajstić information content (AvgIpc) is 2.79. The first-order chi connectivity index (χ1) is 15.7. The Labute approximate surface area is 200 Å². The molecule has 0 amide bonds. The Morgan fingerprint density at radius 2 is 1.12 bits per heavy atom. The van der Waals surface area contributed by atoms with Crippen LogP contribution in [-0.2, 0) is 9.53 Å². The minimum atomic E-state index is 0.0218. The fourth-order valence-electron chi connectivity index (χ4n) is 4.24. The molecule has 0 saturated carbocycles. The zero-order valence-corrected chi connectivity index (χ0v) is 21.8. The smallest absolute Gasteiger partial charge is 0.306 e. The number of esters is 1. The van der Waals surface area contributed by atoms with Gasteiger partial charge in [-0.25, -0.2) is 0 Å². The van der Waals surface area contributed by atoms with Gasteiger partial charge in [0.15, 0.2) is 0 Å². The van der Waals surface area contributed by atoms with Gasteiger partial charge in [0.05, 0.1) is 6.61 Å². The Kier molecular flexibility index (Phi) is 26.1. The van der Waals surface area contributed by atoms with Crippen molar-refractivity contribution in [3.63, 3.8) is 0 Å². The van der Waals surface area contributed by atoms with Crippen LogP contribution in [0.5, 0.6) is 0 Å². The van der Waals surface area contributed by atoms with Gasteiger partial charge in [0.2, 0.25) is 0 Å². The summed E-state index contributed by atoms with van der Waals surface area (Å²) in [6, 6.07) is 0. The lowest BCUT2D eigenvalue weighted by molar-refractivity contribution is -0.150. The number of carbonyl (C=O) groups excluding carboxylic acids is 1. The molecule has 1 unspecified atom stereocenters. The minimum absolute atomic E-state index is 0.0218. The average molecular weight is 456 g/mol. The SMILES string of the molecule is CCCCCCCCCC(CCCCCCCC)OC(=O)CCCCCCCNCCO. The maximum atomic E-state index is 12.4. The quantitative estimate of drug-likeness (QED) is 0.104. The van der Waals surface area contributed by atoms with Gasteiger partial charge in [-0.3, -0.25) is 4.79 Å². The van der Waals surface area contributed by atoms with Crippen LogP contribution in [0.15, 0.2) is 0 Å². The summed E-state index contributed by atoms with van der Waals surface area (Å²) in [7, 11) is 0. The molecule has 4 heteroatoms. The number of rotatable bonds is 26. The van der Waals surface area contributed by atoms with Crippen molar-refractivity contribution in [2.75, 3.05) is 19.7 Å². The molecule has 0 fully saturated rings. The van der Waals surface area contributed by atoms with Gasteiger partial charge in [0.25, 0.3) is 0 Å². The number of aliphatic hydroxyl groups is 1. The standard InChI is InChI=1S/C28H57NO3/c1-3-5-7-9-11-14-18-22-27(21-17-13-10-8-6-4-2)32-28(31)23-19-15-12-16-20-24-29-25-26-30/h27,29-30H,3-26H2,1-2H3. The lowest BCUT2D eigenvalue weighted by Gasteiger charge is -2.18. The van der Waals surface area contributed by atoms with Crippen LogP contribution < -0.4 is 5.32 Å². The first-order valence-electron chi connectivity index (χ1n) is 14.3. The molecule has 0 spiro atoms. The monoisotopic (exact) mass is 455 g/mol. The Morgan fingerprint density at radius 3 is 1.66 bits per heavy atom. The van der Waals surface area contributed by atoms with E-state index >= 15 is 0 Å². The van der Waals surface area contributed by atoms with Crippen molar-refractivity contribution < 1.29 is 14.6 Å². The third-order valence-electron chi connectivity index (χ3n) is 6.33. The van der Waals surface area contributed by atoms with Crippen LogP contribution in [0.2, 0.25) is 0 Å². The number of unbranched alkanes of at least 4 members (excludes halogenated alkanes) is 15. The van der Waals surface area contributed by atoms with Crippen LogP contribution in [0.25, 0.3) is 0 Å². The fourth-order valence-corrected chi connectivity index (χ4v) is 4.24. The van der Waals surface area contributed by atoms with Crippen molar-refractivity contribution in [3.05, 3.63) is 0 Å². The number of hydrogen-bond donors (Lipinski definition) is 2. The van der Waals surface area contributed by atoms with Crippen molar-refractivity contribution in [2.24, 2.45) is 0 Å². The van der Waals surface area contributed by atoms with Crippen LogP contribution in [0, 0.1) is 0 Å². The van der Waals surface area contributed by atoms with Gasteiger partial charge < -0.3 is 15.2 Å². The highest BCUT2D eigenvalue weighted by atomic mass is 16.5. The molecule has 0 heterocycles. The predicted molar refractivity (Wildman–Crippen MR) is 138 cm³/mol. The highest BCUT2D eigenvalue weighted by molar-refractivity contribution is 5.69. The van der Waals surface area contributed by atoms with E-state index in [4.69, 9.17) is 9.84 Å². The van der Waals surface area contributed by atoms with E-state index in [1.807, 2.05) is 0 Å². The van der Waals surface area contributed by atoms with E-state index in [0.717, 1.165) is 38.6 Å². The Bertz CT molecular complexity index is 376. The zero-order valence-electron chi connectivity index (χ0n) is 21.8. The van der Waals surface area contributed by atoms with Crippen LogP contribution in [0.4, 0.5) is 0 Å². The van der Waals surface area contributed by atoms with Crippen molar-refractivity contribution >= 4 is 5.97 Å². The number of ether oxygens (including phenoxy) is 1. The zero-order chi connectivity index (χ0) is 23.5. The molecule has 1 atom stereocenters. The number of carbonyl (C=O) groups is 1. The molecular weight excluding hydrogens is 398 g/mol. The molecule has 32 heavy (non-hydrogen) atoms. The molecule has 0 saturated heterocycles. The van der Waals surface area contributed by atoms with Crippen molar-refractivity contribution in [1.82, 2.24) is 5.32 Å². The molecule has 0 bridgehead atoms. The van der Waals surface area contributed by atoms with E-state index in [1.54, 1.807) is 0 Å². The second kappa shape index (κ2) is 26.6. The summed E-state index contributed by atoms with van der Waals surface area (Å²) < 4.78 is 5.92. The molecule has 0 aliphatic heterocycles. The normalized spacial score (nSPS) is 12.2. The minimum Gasteiger partial charge on any atom is -0.462 e. The van der Waals surface area contributed by atoms with Gasteiger partial charge in [-0.2, -0.15) is 0 Å². The van der Waals surface area contributed by atoms with Gasteiger partial charge in [0.1, 0.15) is 6.10 Å². The summed E-state index contributed by atoms with van der Waals surface area (Å²) in [5.74, 6) is 0.0218. The van der Waals surface area contributed by atoms with Crippen molar-refractivity contribution in [2.45, 2.75) is 155 Å². The van der Waals surface area contributed by atoms with Gasteiger partial charge in [-0.1, -0.05) is 104 Å². The van der Waals surface area contributed by atoms with E-state index < -0.39 is 0 Å². The summed E-state index contributed by atoms with van der Waals surface area (Å²) in [4.78, 5) is 12.4. The van der Waals surface area contributed by atoms with Gasteiger partial charge >= 0.3 is 5.97 Å². The third-order valence-corrected chi connectivity index (χ3v) is 6.33. The molecule has 2 N–H and O–H groups in total. The third kappa shape index (κ3) is 24.0. The molecule has 0 aromatic carbocycles. The highest BCUT2D eigenvalue weighted by Gasteiger charge is 2.14. The van der Waals surface area contributed by atoms with Crippen LogP contribution >= 0.6 is 0 Å². The summed E-state index contributed by atoms with van der Waals surface area (Å²) in [6.45, 7) is 6.39. The number of hydrogen-bond acceptors (Lipinski definition) is 4.